The van der Waals surface area contributed by atoms with Crippen LogP contribution in [0.1, 0.15) is 51.0 Å². The molecule has 0 radical (unpaired) electrons. The van der Waals surface area contributed by atoms with Crippen LogP contribution in [0.4, 0.5) is 0 Å². The van der Waals surface area contributed by atoms with Gasteiger partial charge in [-0.1, -0.05) is 61.9 Å². The van der Waals surface area contributed by atoms with Gasteiger partial charge in [-0.05, 0) is 38.2 Å². The first-order chi connectivity index (χ1) is 18.3. The molecule has 4 rings (SSSR count). The third kappa shape index (κ3) is 5.04. The van der Waals surface area contributed by atoms with E-state index in [9.17, 15) is 14.4 Å². The van der Waals surface area contributed by atoms with Crippen molar-refractivity contribution in [3.63, 3.8) is 0 Å². The second-order valence-electron chi connectivity index (χ2n) is 10.8. The van der Waals surface area contributed by atoms with Crippen molar-refractivity contribution in [2.24, 2.45) is 11.8 Å². The minimum atomic E-state index is -1.08. The number of amides is 2. The first kappa shape index (κ1) is 28.0. The molecule has 2 bridgehead atoms. The number of nitrogens with zero attached hydrogens (tertiary/aromatic N) is 2. The number of hydrogen-bond acceptors (Lipinski definition) is 6. The number of ether oxygens (including phenoxy) is 2. The van der Waals surface area contributed by atoms with Crippen LogP contribution in [0.15, 0.2) is 55.6 Å². The number of esters is 1. The normalized spacial score (nSPS) is 29.3. The van der Waals surface area contributed by atoms with Crippen LogP contribution in [0.2, 0.25) is 0 Å². The zero-order chi connectivity index (χ0) is 27.3. The highest BCUT2D eigenvalue weighted by Crippen LogP contribution is 2.63. The van der Waals surface area contributed by atoms with E-state index in [-0.39, 0.29) is 25.0 Å². The van der Waals surface area contributed by atoms with Crippen LogP contribution in [0.5, 0.6) is 0 Å². The number of aliphatic hydroxyl groups is 1. The lowest BCUT2D eigenvalue weighted by molar-refractivity contribution is -0.159. The van der Waals surface area contributed by atoms with Crippen molar-refractivity contribution >= 4 is 17.8 Å². The van der Waals surface area contributed by atoms with Crippen molar-refractivity contribution in [2.45, 2.75) is 69.2 Å². The van der Waals surface area contributed by atoms with Crippen molar-refractivity contribution in [1.82, 2.24) is 9.80 Å². The van der Waals surface area contributed by atoms with Crippen LogP contribution >= 0.6 is 0 Å². The fraction of sp³-hybridized carbons (Fsp3) is 0.567. The topological polar surface area (TPSA) is 96.4 Å². The number of likely N-dealkylation sites (tertiary alicyclic amines) is 1. The highest BCUT2D eigenvalue weighted by atomic mass is 16.6. The van der Waals surface area contributed by atoms with Crippen LogP contribution in [0, 0.1) is 11.8 Å². The van der Waals surface area contributed by atoms with E-state index >= 15 is 0 Å². The van der Waals surface area contributed by atoms with Crippen molar-refractivity contribution in [1.29, 1.82) is 0 Å². The molecule has 1 N–H and O–H groups in total. The molecule has 1 aromatic rings. The summed E-state index contributed by atoms with van der Waals surface area (Å²) < 4.78 is 12.1. The molecule has 3 aliphatic rings. The summed E-state index contributed by atoms with van der Waals surface area (Å²) in [5.41, 5.74) is -0.972. The standard InChI is InChI=1S/C30H40N2O6/c1-4-17-31(21-22-13-9-8-10-14-22)27(35)25-30-16-15-29(3,38-30)24(28(36)37-20-5-2)23(30)26(34)32(25)18-11-6-7-12-19-33/h4-5,8-10,13-14,23-25,33H,1-2,6-7,11-12,15-21H2,3H3/t23-,24-,25?,29+,30?/m0/s1. The third-order valence-corrected chi connectivity index (χ3v) is 8.29. The molecule has 1 aromatic carbocycles. The van der Waals surface area contributed by atoms with Crippen LogP contribution in [0.3, 0.4) is 0 Å². The van der Waals surface area contributed by atoms with Crippen molar-refractivity contribution in [3.8, 4) is 0 Å². The summed E-state index contributed by atoms with van der Waals surface area (Å²) in [6.07, 6.45) is 7.35. The van der Waals surface area contributed by atoms with Gasteiger partial charge in [0.1, 0.15) is 24.2 Å². The summed E-state index contributed by atoms with van der Waals surface area (Å²) in [6.45, 7) is 10.6. The fourth-order valence-electron chi connectivity index (χ4n) is 6.65. The number of rotatable bonds is 14. The lowest BCUT2D eigenvalue weighted by Crippen LogP contribution is -2.56. The molecule has 1 spiro atoms. The lowest BCUT2D eigenvalue weighted by Gasteiger charge is -2.37. The summed E-state index contributed by atoms with van der Waals surface area (Å²) in [5.74, 6) is -2.43. The first-order valence-electron chi connectivity index (χ1n) is 13.7. The Morgan fingerprint density at radius 2 is 1.89 bits per heavy atom. The molecule has 206 valence electrons. The highest BCUT2D eigenvalue weighted by molar-refractivity contribution is 5.98. The predicted octanol–water partition coefficient (Wildman–Crippen LogP) is 3.25. The Kier molecular flexibility index (Phi) is 8.73. The van der Waals surface area contributed by atoms with Crippen LogP contribution in [0.25, 0.3) is 0 Å². The number of aliphatic hydroxyl groups excluding tert-OH is 1. The van der Waals surface area contributed by atoms with E-state index in [0.29, 0.717) is 45.3 Å². The Balaban J connectivity index is 1.68. The minimum absolute atomic E-state index is 0.0560. The Morgan fingerprint density at radius 1 is 1.16 bits per heavy atom. The van der Waals surface area contributed by atoms with Gasteiger partial charge >= 0.3 is 5.97 Å². The average molecular weight is 525 g/mol. The molecular formula is C30H40N2O6. The number of fused-ring (bicyclic) bond motifs is 1. The Bertz CT molecular complexity index is 1040. The number of carbonyl (C=O) groups is 3. The third-order valence-electron chi connectivity index (χ3n) is 8.29. The van der Waals surface area contributed by atoms with Gasteiger partial charge in [-0.2, -0.15) is 0 Å². The monoisotopic (exact) mass is 524 g/mol. The molecule has 5 atom stereocenters. The molecule has 3 aliphatic heterocycles. The van der Waals surface area contributed by atoms with Gasteiger partial charge in [-0.15, -0.1) is 6.58 Å². The van der Waals surface area contributed by atoms with E-state index < -0.39 is 35.0 Å². The van der Waals surface area contributed by atoms with E-state index in [1.54, 1.807) is 15.9 Å². The zero-order valence-corrected chi connectivity index (χ0v) is 22.3. The summed E-state index contributed by atoms with van der Waals surface area (Å²) in [5, 5.41) is 9.12. The predicted molar refractivity (Wildman–Crippen MR) is 143 cm³/mol. The van der Waals surface area contributed by atoms with E-state index in [2.05, 4.69) is 13.2 Å². The Hall–Kier alpha value is -2.97. The smallest absolute Gasteiger partial charge is 0.313 e. The van der Waals surface area contributed by atoms with Gasteiger partial charge in [0.25, 0.3) is 0 Å². The van der Waals surface area contributed by atoms with Crippen molar-refractivity contribution < 1.29 is 29.0 Å². The molecule has 8 heteroatoms. The number of hydrogen-bond donors (Lipinski definition) is 1. The van der Waals surface area contributed by atoms with Crippen LogP contribution in [-0.4, -0.2) is 76.2 Å². The second kappa shape index (κ2) is 11.8. The summed E-state index contributed by atoms with van der Waals surface area (Å²) >= 11 is 0. The maximum atomic E-state index is 14.4. The van der Waals surface area contributed by atoms with E-state index in [1.165, 1.54) is 6.08 Å². The molecule has 2 amide bonds. The quantitative estimate of drug-likeness (QED) is 0.228. The average Bonchev–Trinajstić information content (AvgIpc) is 3.48. The van der Waals surface area contributed by atoms with E-state index in [1.807, 2.05) is 37.3 Å². The van der Waals surface area contributed by atoms with Crippen LogP contribution in [-0.2, 0) is 30.4 Å². The fourth-order valence-corrected chi connectivity index (χ4v) is 6.65. The maximum Gasteiger partial charge on any atom is 0.313 e. The van der Waals surface area contributed by atoms with Gasteiger partial charge in [0.2, 0.25) is 11.8 Å². The highest BCUT2D eigenvalue weighted by Gasteiger charge is 2.78. The van der Waals surface area contributed by atoms with E-state index in [0.717, 1.165) is 18.4 Å². The van der Waals surface area contributed by atoms with Crippen LogP contribution < -0.4 is 0 Å². The van der Waals surface area contributed by atoms with Gasteiger partial charge in [-0.3, -0.25) is 14.4 Å². The molecule has 0 aliphatic carbocycles. The van der Waals surface area contributed by atoms with Gasteiger partial charge < -0.3 is 24.4 Å². The number of benzene rings is 1. The number of unbranched alkanes of at least 4 members (excludes halogenated alkanes) is 3. The molecule has 3 fully saturated rings. The summed E-state index contributed by atoms with van der Waals surface area (Å²) in [7, 11) is 0. The molecule has 38 heavy (non-hydrogen) atoms. The molecule has 0 aromatic heterocycles. The Morgan fingerprint density at radius 3 is 2.58 bits per heavy atom. The molecule has 3 saturated heterocycles. The van der Waals surface area contributed by atoms with Gasteiger partial charge in [0.05, 0.1) is 11.5 Å². The molecule has 2 unspecified atom stereocenters. The maximum absolute atomic E-state index is 14.4. The molecule has 3 heterocycles. The molecule has 0 saturated carbocycles. The SMILES string of the molecule is C=CCOC(=O)[C@@H]1[C@H]2C(=O)N(CCCCCCO)C(C(=O)N(CC=C)Cc3ccccc3)C23CC[C@@]1(C)O3. The summed E-state index contributed by atoms with van der Waals surface area (Å²) in [6, 6.07) is 8.89. The minimum Gasteiger partial charge on any atom is -0.461 e. The lowest BCUT2D eigenvalue weighted by atomic mass is 9.66. The number of carbonyl (C=O) groups excluding carboxylic acids is 3. The van der Waals surface area contributed by atoms with Gasteiger partial charge in [0, 0.05) is 26.2 Å². The van der Waals surface area contributed by atoms with E-state index in [4.69, 9.17) is 14.6 Å². The Labute approximate surface area is 225 Å². The molecular weight excluding hydrogens is 484 g/mol. The molecule has 8 nitrogen and oxygen atoms in total. The van der Waals surface area contributed by atoms with Gasteiger partial charge in [-0.25, -0.2) is 0 Å². The van der Waals surface area contributed by atoms with Gasteiger partial charge in [0.15, 0.2) is 0 Å². The largest absolute Gasteiger partial charge is 0.461 e. The first-order valence-corrected chi connectivity index (χ1v) is 13.7. The zero-order valence-electron chi connectivity index (χ0n) is 22.3. The van der Waals surface area contributed by atoms with Crippen molar-refractivity contribution in [3.05, 3.63) is 61.2 Å². The van der Waals surface area contributed by atoms with Crippen molar-refractivity contribution in [2.75, 3.05) is 26.3 Å². The summed E-state index contributed by atoms with van der Waals surface area (Å²) in [4.78, 5) is 45.0. The second-order valence-corrected chi connectivity index (χ2v) is 10.8.